The Morgan fingerprint density at radius 3 is 2.86 bits per heavy atom. The Morgan fingerprint density at radius 1 is 1.27 bits per heavy atom. The molecule has 0 spiro atoms. The summed E-state index contributed by atoms with van der Waals surface area (Å²) in [5, 5.41) is 0. The van der Waals surface area contributed by atoms with Crippen molar-refractivity contribution in [1.82, 2.24) is 14.8 Å². The lowest BCUT2D eigenvalue weighted by Crippen LogP contribution is -2.60. The van der Waals surface area contributed by atoms with Gasteiger partial charge in [0.05, 0.1) is 24.4 Å². The quantitative estimate of drug-likeness (QED) is 0.827. The molecular formula is C16H23N3O3. The van der Waals surface area contributed by atoms with Gasteiger partial charge in [-0.15, -0.1) is 0 Å². The van der Waals surface area contributed by atoms with Gasteiger partial charge in [-0.05, 0) is 33.2 Å². The predicted molar refractivity (Wildman–Crippen MR) is 79.9 cm³/mol. The van der Waals surface area contributed by atoms with Crippen molar-refractivity contribution in [2.24, 2.45) is 0 Å². The molecule has 6 heteroatoms. The van der Waals surface area contributed by atoms with E-state index in [9.17, 15) is 4.79 Å². The second-order valence-electron chi connectivity index (χ2n) is 6.77. The Hall–Kier alpha value is -1.40. The van der Waals surface area contributed by atoms with Crippen LogP contribution in [0.2, 0.25) is 0 Å². The molecule has 0 unspecified atom stereocenters. The lowest BCUT2D eigenvalue weighted by atomic mass is 9.99. The lowest BCUT2D eigenvalue weighted by Gasteiger charge is -2.45. The van der Waals surface area contributed by atoms with Gasteiger partial charge >= 0.3 is 0 Å². The van der Waals surface area contributed by atoms with Crippen molar-refractivity contribution < 1.29 is 13.9 Å². The number of aromatic nitrogens is 1. The first-order valence-electron chi connectivity index (χ1n) is 8.22. The molecule has 3 heterocycles. The summed E-state index contributed by atoms with van der Waals surface area (Å²) >= 11 is 0. The molecule has 1 amide bonds. The van der Waals surface area contributed by atoms with E-state index in [1.807, 2.05) is 11.8 Å². The molecule has 0 aromatic carbocycles. The molecule has 3 fully saturated rings. The first kappa shape index (κ1) is 14.2. The van der Waals surface area contributed by atoms with E-state index in [1.54, 1.807) is 0 Å². The molecule has 1 aromatic rings. The molecule has 22 heavy (non-hydrogen) atoms. The standard InChI is InChI=1S/C16H23N3O3/c1-10-14(22-15(17-10)11-3-4-11)16(20)19-7-8-21-13-5-6-18(2)9-12(13)19/h11-13H,3-9H2,1-2H3/t12-,13+/m1/s1. The number of piperidine rings is 1. The van der Waals surface area contributed by atoms with Crippen LogP contribution in [0, 0.1) is 6.92 Å². The number of nitrogens with zero attached hydrogens (tertiary/aromatic N) is 3. The maximum absolute atomic E-state index is 13.0. The molecule has 2 aliphatic heterocycles. The predicted octanol–water partition coefficient (Wildman–Crippen LogP) is 1.41. The number of carbonyl (C=O) groups is 1. The van der Waals surface area contributed by atoms with Gasteiger partial charge in [0.15, 0.2) is 5.89 Å². The Bertz CT molecular complexity index is 581. The van der Waals surface area contributed by atoms with E-state index in [0.717, 1.165) is 43.9 Å². The zero-order valence-electron chi connectivity index (χ0n) is 13.2. The number of carbonyl (C=O) groups excluding carboxylic acids is 1. The average Bonchev–Trinajstić information content (AvgIpc) is 3.29. The number of likely N-dealkylation sites (N-methyl/N-ethyl adjacent to an activating group) is 1. The van der Waals surface area contributed by atoms with Crippen LogP contribution >= 0.6 is 0 Å². The monoisotopic (exact) mass is 305 g/mol. The van der Waals surface area contributed by atoms with E-state index in [4.69, 9.17) is 9.15 Å². The molecule has 0 bridgehead atoms. The number of fused-ring (bicyclic) bond motifs is 1. The molecule has 0 radical (unpaired) electrons. The Morgan fingerprint density at radius 2 is 2.09 bits per heavy atom. The maximum Gasteiger partial charge on any atom is 0.292 e. The first-order chi connectivity index (χ1) is 10.6. The summed E-state index contributed by atoms with van der Waals surface area (Å²) in [7, 11) is 2.10. The van der Waals surface area contributed by atoms with E-state index in [1.165, 1.54) is 0 Å². The number of hydrogen-bond donors (Lipinski definition) is 0. The average molecular weight is 305 g/mol. The minimum absolute atomic E-state index is 0.0227. The molecular weight excluding hydrogens is 282 g/mol. The lowest BCUT2D eigenvalue weighted by molar-refractivity contribution is -0.0876. The second-order valence-corrected chi connectivity index (χ2v) is 6.77. The normalized spacial score (nSPS) is 29.5. The van der Waals surface area contributed by atoms with Gasteiger partial charge in [-0.3, -0.25) is 4.79 Å². The van der Waals surface area contributed by atoms with Gasteiger partial charge in [-0.1, -0.05) is 0 Å². The molecule has 2 saturated heterocycles. The summed E-state index contributed by atoms with van der Waals surface area (Å²) in [5.41, 5.74) is 0.721. The van der Waals surface area contributed by atoms with Gasteiger partial charge in [0.1, 0.15) is 0 Å². The minimum Gasteiger partial charge on any atom is -0.435 e. The number of rotatable bonds is 2. The molecule has 6 nitrogen and oxygen atoms in total. The summed E-state index contributed by atoms with van der Waals surface area (Å²) in [6, 6.07) is 0.119. The zero-order chi connectivity index (χ0) is 15.3. The summed E-state index contributed by atoms with van der Waals surface area (Å²) in [6.07, 6.45) is 3.38. The van der Waals surface area contributed by atoms with Crippen LogP contribution in [-0.2, 0) is 4.74 Å². The van der Waals surface area contributed by atoms with E-state index in [0.29, 0.717) is 24.8 Å². The van der Waals surface area contributed by atoms with Gasteiger partial charge < -0.3 is 19.0 Å². The van der Waals surface area contributed by atoms with Crippen LogP contribution in [-0.4, -0.2) is 66.1 Å². The van der Waals surface area contributed by atoms with Gasteiger partial charge in [0.25, 0.3) is 5.91 Å². The van der Waals surface area contributed by atoms with Crippen molar-refractivity contribution in [2.45, 2.75) is 44.2 Å². The third-order valence-corrected chi connectivity index (χ3v) is 4.98. The number of hydrogen-bond acceptors (Lipinski definition) is 5. The fourth-order valence-electron chi connectivity index (χ4n) is 3.53. The highest BCUT2D eigenvalue weighted by molar-refractivity contribution is 5.92. The first-order valence-corrected chi connectivity index (χ1v) is 8.22. The SMILES string of the molecule is Cc1nc(C2CC2)oc1C(=O)N1CCO[C@H]2CCN(C)C[C@H]21. The molecule has 3 aliphatic rings. The van der Waals surface area contributed by atoms with E-state index < -0.39 is 0 Å². The summed E-state index contributed by atoms with van der Waals surface area (Å²) in [6.45, 7) is 5.00. The van der Waals surface area contributed by atoms with E-state index >= 15 is 0 Å². The van der Waals surface area contributed by atoms with Crippen LogP contribution in [0.1, 0.15) is 47.3 Å². The van der Waals surface area contributed by atoms with Crippen molar-refractivity contribution in [1.29, 1.82) is 0 Å². The zero-order valence-corrected chi connectivity index (χ0v) is 13.2. The molecule has 1 saturated carbocycles. The Labute approximate surface area is 130 Å². The molecule has 0 N–H and O–H groups in total. The molecule has 120 valence electrons. The molecule has 1 aliphatic carbocycles. The van der Waals surface area contributed by atoms with Crippen LogP contribution in [0.3, 0.4) is 0 Å². The number of morpholine rings is 1. The molecule has 1 aromatic heterocycles. The van der Waals surface area contributed by atoms with Crippen molar-refractivity contribution in [2.75, 3.05) is 33.3 Å². The highest BCUT2D eigenvalue weighted by Gasteiger charge is 2.40. The largest absolute Gasteiger partial charge is 0.435 e. The Kier molecular flexibility index (Phi) is 3.46. The van der Waals surface area contributed by atoms with Crippen LogP contribution < -0.4 is 0 Å². The summed E-state index contributed by atoms with van der Waals surface area (Å²) < 4.78 is 11.7. The molecule has 2 atom stereocenters. The third-order valence-electron chi connectivity index (χ3n) is 4.98. The van der Waals surface area contributed by atoms with Crippen LogP contribution in [0.4, 0.5) is 0 Å². The second kappa shape index (κ2) is 5.35. The van der Waals surface area contributed by atoms with Crippen molar-refractivity contribution in [3.05, 3.63) is 17.3 Å². The van der Waals surface area contributed by atoms with Crippen molar-refractivity contribution in [3.8, 4) is 0 Å². The van der Waals surface area contributed by atoms with E-state index in [2.05, 4.69) is 16.9 Å². The molecule has 4 rings (SSSR count). The minimum atomic E-state index is -0.0227. The third kappa shape index (κ3) is 2.44. The number of oxazole rings is 1. The van der Waals surface area contributed by atoms with Gasteiger partial charge in [-0.25, -0.2) is 4.98 Å². The topological polar surface area (TPSA) is 58.8 Å². The van der Waals surface area contributed by atoms with Crippen LogP contribution in [0.15, 0.2) is 4.42 Å². The Balaban J connectivity index is 1.58. The van der Waals surface area contributed by atoms with Crippen LogP contribution in [0.25, 0.3) is 0 Å². The number of ether oxygens (including phenoxy) is 1. The fraction of sp³-hybridized carbons (Fsp3) is 0.750. The number of aryl methyl sites for hydroxylation is 1. The van der Waals surface area contributed by atoms with Gasteiger partial charge in [0, 0.05) is 25.6 Å². The van der Waals surface area contributed by atoms with E-state index in [-0.39, 0.29) is 18.1 Å². The van der Waals surface area contributed by atoms with Crippen molar-refractivity contribution >= 4 is 5.91 Å². The highest BCUT2D eigenvalue weighted by Crippen LogP contribution is 2.40. The summed E-state index contributed by atoms with van der Waals surface area (Å²) in [4.78, 5) is 21.6. The maximum atomic E-state index is 13.0. The van der Waals surface area contributed by atoms with Crippen molar-refractivity contribution in [3.63, 3.8) is 0 Å². The van der Waals surface area contributed by atoms with Crippen LogP contribution in [0.5, 0.6) is 0 Å². The smallest absolute Gasteiger partial charge is 0.292 e. The highest BCUT2D eigenvalue weighted by atomic mass is 16.5. The van der Waals surface area contributed by atoms with Gasteiger partial charge in [0.2, 0.25) is 5.76 Å². The number of amides is 1. The number of likely N-dealkylation sites (tertiary alicyclic amines) is 1. The van der Waals surface area contributed by atoms with Gasteiger partial charge in [-0.2, -0.15) is 0 Å². The fourth-order valence-corrected chi connectivity index (χ4v) is 3.53. The summed E-state index contributed by atoms with van der Waals surface area (Å²) in [5.74, 6) is 1.58.